The Kier molecular flexibility index (Phi) is 2.68. The van der Waals surface area contributed by atoms with Crippen LogP contribution in [-0.4, -0.2) is 30.8 Å². The average Bonchev–Trinajstić information content (AvgIpc) is 2.72. The van der Waals surface area contributed by atoms with E-state index in [0.29, 0.717) is 17.6 Å². The molecule has 90 valence electrons. The molecule has 1 aromatic heterocycles. The second-order valence-electron chi connectivity index (χ2n) is 4.24. The van der Waals surface area contributed by atoms with Crippen LogP contribution in [0.3, 0.4) is 0 Å². The standard InChI is InChI=1S/C12H13ClN2O2/c1-8-7-15(4-5-16-8)12-14-10-6-9(13)2-3-11(10)17-12/h2-3,6,8H,4-5,7H2,1H3/t8-/m0/s1. The molecule has 17 heavy (non-hydrogen) atoms. The SMILES string of the molecule is C[C@H]1CN(c2nc3cc(Cl)ccc3o2)CCO1. The zero-order valence-electron chi connectivity index (χ0n) is 9.52. The molecular weight excluding hydrogens is 240 g/mol. The predicted octanol–water partition coefficient (Wildman–Crippen LogP) is 2.71. The summed E-state index contributed by atoms with van der Waals surface area (Å²) in [5.74, 6) is 0. The summed E-state index contributed by atoms with van der Waals surface area (Å²) in [4.78, 5) is 6.55. The Morgan fingerprint density at radius 1 is 1.47 bits per heavy atom. The van der Waals surface area contributed by atoms with Crippen molar-refractivity contribution < 1.29 is 9.15 Å². The molecule has 1 atom stereocenters. The number of morpholine rings is 1. The van der Waals surface area contributed by atoms with Crippen molar-refractivity contribution in [1.82, 2.24) is 4.98 Å². The highest BCUT2D eigenvalue weighted by Gasteiger charge is 2.21. The van der Waals surface area contributed by atoms with Gasteiger partial charge in [0, 0.05) is 18.1 Å². The van der Waals surface area contributed by atoms with Crippen molar-refractivity contribution >= 4 is 28.7 Å². The minimum Gasteiger partial charge on any atom is -0.423 e. The van der Waals surface area contributed by atoms with Crippen LogP contribution in [0.15, 0.2) is 22.6 Å². The first-order valence-electron chi connectivity index (χ1n) is 5.65. The van der Waals surface area contributed by atoms with Crippen LogP contribution in [0.5, 0.6) is 0 Å². The number of anilines is 1. The summed E-state index contributed by atoms with van der Waals surface area (Å²) in [5, 5.41) is 0.674. The number of halogens is 1. The number of nitrogens with zero attached hydrogens (tertiary/aromatic N) is 2. The summed E-state index contributed by atoms with van der Waals surface area (Å²) in [6, 6.07) is 6.12. The molecule has 3 rings (SSSR count). The van der Waals surface area contributed by atoms with Gasteiger partial charge < -0.3 is 14.1 Å². The third kappa shape index (κ3) is 2.10. The fraction of sp³-hybridized carbons (Fsp3) is 0.417. The van der Waals surface area contributed by atoms with E-state index in [0.717, 1.165) is 24.2 Å². The zero-order valence-corrected chi connectivity index (χ0v) is 10.3. The van der Waals surface area contributed by atoms with Gasteiger partial charge in [0.25, 0.3) is 6.01 Å². The van der Waals surface area contributed by atoms with Gasteiger partial charge in [0.2, 0.25) is 0 Å². The molecule has 0 N–H and O–H groups in total. The summed E-state index contributed by atoms with van der Waals surface area (Å²) in [6.07, 6.45) is 0.211. The van der Waals surface area contributed by atoms with Crippen molar-refractivity contribution in [3.63, 3.8) is 0 Å². The number of benzene rings is 1. The predicted molar refractivity (Wildman–Crippen MR) is 66.6 cm³/mol. The number of fused-ring (bicyclic) bond motifs is 1. The van der Waals surface area contributed by atoms with Gasteiger partial charge >= 0.3 is 0 Å². The van der Waals surface area contributed by atoms with E-state index in [1.54, 1.807) is 6.07 Å². The van der Waals surface area contributed by atoms with Crippen LogP contribution in [0.25, 0.3) is 11.1 Å². The highest BCUT2D eigenvalue weighted by Crippen LogP contribution is 2.25. The molecule has 0 aliphatic carbocycles. The van der Waals surface area contributed by atoms with E-state index in [9.17, 15) is 0 Å². The number of oxazole rings is 1. The molecule has 4 nitrogen and oxygen atoms in total. The number of ether oxygens (including phenoxy) is 1. The Labute approximate surface area is 104 Å². The maximum Gasteiger partial charge on any atom is 0.298 e. The monoisotopic (exact) mass is 252 g/mol. The van der Waals surface area contributed by atoms with Gasteiger partial charge in [-0.25, -0.2) is 0 Å². The quantitative estimate of drug-likeness (QED) is 0.782. The van der Waals surface area contributed by atoms with Crippen molar-refractivity contribution in [1.29, 1.82) is 0 Å². The lowest BCUT2D eigenvalue weighted by atomic mass is 10.3. The van der Waals surface area contributed by atoms with Crippen molar-refractivity contribution in [3.8, 4) is 0 Å². The lowest BCUT2D eigenvalue weighted by Gasteiger charge is -2.29. The second kappa shape index (κ2) is 4.20. The van der Waals surface area contributed by atoms with Crippen LogP contribution in [-0.2, 0) is 4.74 Å². The molecule has 0 unspecified atom stereocenters. The lowest BCUT2D eigenvalue weighted by Crippen LogP contribution is -2.41. The Balaban J connectivity index is 1.94. The van der Waals surface area contributed by atoms with Crippen LogP contribution in [0.2, 0.25) is 5.02 Å². The highest BCUT2D eigenvalue weighted by molar-refractivity contribution is 6.31. The van der Waals surface area contributed by atoms with Crippen molar-refractivity contribution in [2.75, 3.05) is 24.6 Å². The third-order valence-electron chi connectivity index (χ3n) is 2.85. The molecule has 1 saturated heterocycles. The van der Waals surface area contributed by atoms with E-state index in [4.69, 9.17) is 20.8 Å². The van der Waals surface area contributed by atoms with Crippen LogP contribution in [0.1, 0.15) is 6.92 Å². The van der Waals surface area contributed by atoms with Gasteiger partial charge in [-0.15, -0.1) is 0 Å². The molecule has 0 spiro atoms. The normalized spacial score (nSPS) is 21.1. The Hall–Kier alpha value is -1.26. The maximum absolute atomic E-state index is 5.92. The number of rotatable bonds is 1. The van der Waals surface area contributed by atoms with E-state index in [2.05, 4.69) is 9.88 Å². The summed E-state index contributed by atoms with van der Waals surface area (Å²) < 4.78 is 11.2. The van der Waals surface area contributed by atoms with E-state index >= 15 is 0 Å². The fourth-order valence-corrected chi connectivity index (χ4v) is 2.18. The van der Waals surface area contributed by atoms with E-state index < -0.39 is 0 Å². The van der Waals surface area contributed by atoms with Crippen molar-refractivity contribution in [3.05, 3.63) is 23.2 Å². The Bertz CT molecular complexity index is 540. The largest absolute Gasteiger partial charge is 0.423 e. The first-order chi connectivity index (χ1) is 8.22. The zero-order chi connectivity index (χ0) is 11.8. The molecule has 1 aliphatic rings. The highest BCUT2D eigenvalue weighted by atomic mass is 35.5. The van der Waals surface area contributed by atoms with E-state index in [1.807, 2.05) is 19.1 Å². The Morgan fingerprint density at radius 2 is 2.35 bits per heavy atom. The molecule has 0 radical (unpaired) electrons. The maximum atomic E-state index is 5.92. The molecule has 1 fully saturated rings. The number of aromatic nitrogens is 1. The smallest absolute Gasteiger partial charge is 0.298 e. The van der Waals surface area contributed by atoms with Gasteiger partial charge in [-0.3, -0.25) is 0 Å². The van der Waals surface area contributed by atoms with Crippen LogP contribution in [0.4, 0.5) is 6.01 Å². The molecule has 1 aliphatic heterocycles. The molecule has 0 amide bonds. The lowest BCUT2D eigenvalue weighted by molar-refractivity contribution is 0.0515. The number of hydrogen-bond acceptors (Lipinski definition) is 4. The first-order valence-corrected chi connectivity index (χ1v) is 6.03. The van der Waals surface area contributed by atoms with Crippen LogP contribution in [0, 0.1) is 0 Å². The Morgan fingerprint density at radius 3 is 3.18 bits per heavy atom. The molecule has 2 heterocycles. The average molecular weight is 253 g/mol. The van der Waals surface area contributed by atoms with E-state index in [-0.39, 0.29) is 6.10 Å². The van der Waals surface area contributed by atoms with Crippen LogP contribution < -0.4 is 4.90 Å². The fourth-order valence-electron chi connectivity index (χ4n) is 2.02. The van der Waals surface area contributed by atoms with Gasteiger partial charge in [0.1, 0.15) is 5.52 Å². The van der Waals surface area contributed by atoms with Gasteiger partial charge in [0.05, 0.1) is 12.7 Å². The van der Waals surface area contributed by atoms with Crippen molar-refractivity contribution in [2.45, 2.75) is 13.0 Å². The molecule has 5 heteroatoms. The van der Waals surface area contributed by atoms with Gasteiger partial charge in [0.15, 0.2) is 5.58 Å². The molecule has 2 aromatic rings. The molecular formula is C12H13ClN2O2. The molecule has 0 bridgehead atoms. The minimum absolute atomic E-state index is 0.211. The van der Waals surface area contributed by atoms with E-state index in [1.165, 1.54) is 0 Å². The minimum atomic E-state index is 0.211. The van der Waals surface area contributed by atoms with Gasteiger partial charge in [-0.2, -0.15) is 4.98 Å². The van der Waals surface area contributed by atoms with Gasteiger partial charge in [-0.05, 0) is 25.1 Å². The topological polar surface area (TPSA) is 38.5 Å². The summed E-state index contributed by atoms with van der Waals surface area (Å²) >= 11 is 5.92. The molecule has 1 aromatic carbocycles. The summed E-state index contributed by atoms with van der Waals surface area (Å²) in [6.45, 7) is 4.37. The second-order valence-corrected chi connectivity index (χ2v) is 4.67. The van der Waals surface area contributed by atoms with Crippen molar-refractivity contribution in [2.24, 2.45) is 0 Å². The first kappa shape index (κ1) is 10.9. The molecule has 0 saturated carbocycles. The summed E-state index contributed by atoms with van der Waals surface area (Å²) in [7, 11) is 0. The third-order valence-corrected chi connectivity index (χ3v) is 3.09. The number of hydrogen-bond donors (Lipinski definition) is 0. The summed E-state index contributed by atoms with van der Waals surface area (Å²) in [5.41, 5.74) is 1.56. The van der Waals surface area contributed by atoms with Gasteiger partial charge in [-0.1, -0.05) is 11.6 Å². The van der Waals surface area contributed by atoms with Crippen LogP contribution >= 0.6 is 11.6 Å².